The molecule has 4 aromatic heterocycles. The maximum Gasteiger partial charge on any atom is 0.257 e. The summed E-state index contributed by atoms with van der Waals surface area (Å²) < 4.78 is 8.06. The first kappa shape index (κ1) is 22.1. The van der Waals surface area contributed by atoms with Gasteiger partial charge in [-0.25, -0.2) is 9.97 Å². The van der Waals surface area contributed by atoms with E-state index in [-0.39, 0.29) is 5.56 Å². The van der Waals surface area contributed by atoms with Crippen molar-refractivity contribution in [3.05, 3.63) is 126 Å². The Labute approximate surface area is 232 Å². The topological polar surface area (TPSA) is 76.7 Å². The largest absolute Gasteiger partial charge is 0.456 e. The molecule has 0 aliphatic heterocycles. The van der Waals surface area contributed by atoms with E-state index in [0.717, 1.165) is 65.8 Å². The van der Waals surface area contributed by atoms with Gasteiger partial charge in [-0.3, -0.25) is 9.36 Å². The van der Waals surface area contributed by atoms with Crippen LogP contribution in [-0.4, -0.2) is 19.5 Å². The number of nitrogens with one attached hydrogen (secondary N) is 1. The zero-order chi connectivity index (χ0) is 27.1. The molecule has 0 spiro atoms. The number of benzene rings is 5. The van der Waals surface area contributed by atoms with E-state index < -0.39 is 0 Å². The van der Waals surface area contributed by atoms with E-state index in [0.29, 0.717) is 17.0 Å². The minimum atomic E-state index is -0.143. The van der Waals surface area contributed by atoms with Crippen molar-refractivity contribution in [3.63, 3.8) is 0 Å². The second-order valence-electron chi connectivity index (χ2n) is 10.3. The summed E-state index contributed by atoms with van der Waals surface area (Å²) in [5, 5.41) is 6.61. The SMILES string of the molecule is O=c1[nH]c2c(c3ccccc13)c1ccccc1n2-c1nc(-c2ccc3oc4ccccc4c3c2)c2ccccc2n1. The first-order chi connectivity index (χ1) is 20.2. The van der Waals surface area contributed by atoms with Gasteiger partial charge in [0, 0.05) is 37.9 Å². The Hall–Kier alpha value is -5.75. The molecule has 5 aromatic carbocycles. The molecular weight excluding hydrogens is 508 g/mol. The summed E-state index contributed by atoms with van der Waals surface area (Å²) in [6, 6.07) is 38.2. The van der Waals surface area contributed by atoms with Crippen molar-refractivity contribution >= 4 is 65.6 Å². The molecule has 0 saturated carbocycles. The second-order valence-corrected chi connectivity index (χ2v) is 10.3. The van der Waals surface area contributed by atoms with Crippen molar-refractivity contribution in [3.8, 4) is 17.2 Å². The van der Waals surface area contributed by atoms with Gasteiger partial charge in [-0.1, -0.05) is 72.8 Å². The Morgan fingerprint density at radius 1 is 0.610 bits per heavy atom. The normalized spacial score (nSPS) is 12.0. The Balaban J connectivity index is 1.40. The van der Waals surface area contributed by atoms with Crippen LogP contribution in [0.15, 0.2) is 124 Å². The standard InChI is InChI=1S/C35H20N4O2/c40-34-23-11-2-1-10-22(23)31-25-13-4-7-15-28(25)39(33(31)38-34)35-36-27-14-6-3-12-24(27)32(37-35)20-17-18-30-26(19-20)21-9-5-8-16-29(21)41-30/h1-19H,(H,38,40). The molecule has 4 heterocycles. The minimum absolute atomic E-state index is 0.143. The van der Waals surface area contributed by atoms with Crippen molar-refractivity contribution in [2.24, 2.45) is 0 Å². The molecule has 6 heteroatoms. The van der Waals surface area contributed by atoms with E-state index in [1.165, 1.54) is 0 Å². The van der Waals surface area contributed by atoms with Gasteiger partial charge < -0.3 is 9.40 Å². The fraction of sp³-hybridized carbons (Fsp3) is 0. The number of rotatable bonds is 2. The maximum atomic E-state index is 13.2. The number of hydrogen-bond acceptors (Lipinski definition) is 4. The molecule has 6 nitrogen and oxygen atoms in total. The lowest BCUT2D eigenvalue weighted by Gasteiger charge is -2.11. The van der Waals surface area contributed by atoms with Crippen LogP contribution in [-0.2, 0) is 0 Å². The molecule has 0 bridgehead atoms. The highest BCUT2D eigenvalue weighted by Gasteiger charge is 2.20. The number of aromatic nitrogens is 4. The van der Waals surface area contributed by atoms with Crippen LogP contribution in [0.4, 0.5) is 0 Å². The monoisotopic (exact) mass is 528 g/mol. The van der Waals surface area contributed by atoms with Crippen LogP contribution in [0, 0.1) is 0 Å². The van der Waals surface area contributed by atoms with Crippen LogP contribution in [0.25, 0.3) is 82.8 Å². The summed E-state index contributed by atoms with van der Waals surface area (Å²) in [6.45, 7) is 0. The molecule has 1 N–H and O–H groups in total. The summed E-state index contributed by atoms with van der Waals surface area (Å²) in [5.74, 6) is 0.493. The third kappa shape index (κ3) is 3.10. The fourth-order valence-corrected chi connectivity index (χ4v) is 6.17. The molecule has 9 rings (SSSR count). The van der Waals surface area contributed by atoms with Crippen LogP contribution in [0.3, 0.4) is 0 Å². The zero-order valence-corrected chi connectivity index (χ0v) is 21.6. The molecule has 0 unspecified atom stereocenters. The molecule has 0 radical (unpaired) electrons. The molecule has 0 atom stereocenters. The summed E-state index contributed by atoms with van der Waals surface area (Å²) in [5.41, 5.74) is 5.73. The quantitative estimate of drug-likeness (QED) is 0.246. The number of nitrogens with zero attached hydrogens (tertiary/aromatic N) is 3. The Morgan fingerprint density at radius 3 is 2.17 bits per heavy atom. The highest BCUT2D eigenvalue weighted by molar-refractivity contribution is 6.19. The van der Waals surface area contributed by atoms with Gasteiger partial charge in [-0.15, -0.1) is 0 Å². The number of hydrogen-bond donors (Lipinski definition) is 1. The zero-order valence-electron chi connectivity index (χ0n) is 21.6. The van der Waals surface area contributed by atoms with Crippen molar-refractivity contribution in [1.29, 1.82) is 0 Å². The van der Waals surface area contributed by atoms with Crippen molar-refractivity contribution in [2.75, 3.05) is 0 Å². The van der Waals surface area contributed by atoms with Gasteiger partial charge in [0.15, 0.2) is 0 Å². The van der Waals surface area contributed by atoms with Gasteiger partial charge in [0.1, 0.15) is 16.8 Å². The molecule has 192 valence electrons. The molecule has 9 aromatic rings. The molecule has 0 fully saturated rings. The number of fused-ring (bicyclic) bond motifs is 9. The summed E-state index contributed by atoms with van der Waals surface area (Å²) in [6.07, 6.45) is 0. The predicted molar refractivity (Wildman–Crippen MR) is 165 cm³/mol. The number of furan rings is 1. The van der Waals surface area contributed by atoms with E-state index >= 15 is 0 Å². The first-order valence-corrected chi connectivity index (χ1v) is 13.5. The third-order valence-electron chi connectivity index (χ3n) is 7.99. The minimum Gasteiger partial charge on any atom is -0.456 e. The molecule has 0 aliphatic carbocycles. The van der Waals surface area contributed by atoms with E-state index in [2.05, 4.69) is 23.2 Å². The van der Waals surface area contributed by atoms with E-state index in [4.69, 9.17) is 14.4 Å². The second kappa shape index (κ2) is 8.13. The Kier molecular flexibility index (Phi) is 4.38. The summed E-state index contributed by atoms with van der Waals surface area (Å²) >= 11 is 0. The highest BCUT2D eigenvalue weighted by atomic mass is 16.3. The van der Waals surface area contributed by atoms with Gasteiger partial charge in [0.05, 0.1) is 16.7 Å². The lowest BCUT2D eigenvalue weighted by molar-refractivity contribution is 0.669. The predicted octanol–water partition coefficient (Wildman–Crippen LogP) is 8.13. The molecule has 41 heavy (non-hydrogen) atoms. The van der Waals surface area contributed by atoms with Crippen molar-refractivity contribution < 1.29 is 4.42 Å². The van der Waals surface area contributed by atoms with Gasteiger partial charge in [-0.05, 0) is 47.9 Å². The van der Waals surface area contributed by atoms with Gasteiger partial charge >= 0.3 is 0 Å². The Morgan fingerprint density at radius 2 is 1.29 bits per heavy atom. The number of para-hydroxylation sites is 3. The van der Waals surface area contributed by atoms with Crippen molar-refractivity contribution in [2.45, 2.75) is 0 Å². The fourth-order valence-electron chi connectivity index (χ4n) is 6.17. The first-order valence-electron chi connectivity index (χ1n) is 13.5. The molecule has 0 amide bonds. The van der Waals surface area contributed by atoms with Crippen LogP contribution < -0.4 is 5.56 Å². The highest BCUT2D eigenvalue weighted by Crippen LogP contribution is 2.37. The molecular formula is C35H20N4O2. The summed E-state index contributed by atoms with van der Waals surface area (Å²) in [7, 11) is 0. The number of aromatic amines is 1. The maximum absolute atomic E-state index is 13.2. The van der Waals surface area contributed by atoms with E-state index in [1.807, 2.05) is 102 Å². The van der Waals surface area contributed by atoms with Gasteiger partial charge in [0.2, 0.25) is 5.95 Å². The lowest BCUT2D eigenvalue weighted by Crippen LogP contribution is -2.10. The lowest BCUT2D eigenvalue weighted by atomic mass is 10.0. The van der Waals surface area contributed by atoms with Gasteiger partial charge in [-0.2, -0.15) is 0 Å². The van der Waals surface area contributed by atoms with Crippen LogP contribution in [0.2, 0.25) is 0 Å². The van der Waals surface area contributed by atoms with E-state index in [1.54, 1.807) is 0 Å². The summed E-state index contributed by atoms with van der Waals surface area (Å²) in [4.78, 5) is 26.6. The average molecular weight is 529 g/mol. The van der Waals surface area contributed by atoms with Crippen LogP contribution in [0.5, 0.6) is 0 Å². The van der Waals surface area contributed by atoms with Crippen LogP contribution >= 0.6 is 0 Å². The molecule has 0 aliphatic rings. The Bertz CT molecular complexity index is 2570. The van der Waals surface area contributed by atoms with Crippen molar-refractivity contribution in [1.82, 2.24) is 19.5 Å². The number of H-pyrrole nitrogens is 1. The average Bonchev–Trinajstić information content (AvgIpc) is 3.56. The third-order valence-corrected chi connectivity index (χ3v) is 7.99. The van der Waals surface area contributed by atoms with E-state index in [9.17, 15) is 4.79 Å². The van der Waals surface area contributed by atoms with Gasteiger partial charge in [0.25, 0.3) is 5.56 Å². The number of pyridine rings is 1. The molecule has 0 saturated heterocycles. The smallest absolute Gasteiger partial charge is 0.257 e. The van der Waals surface area contributed by atoms with Crippen LogP contribution in [0.1, 0.15) is 0 Å².